The van der Waals surface area contributed by atoms with Gasteiger partial charge in [0.2, 0.25) is 0 Å². The van der Waals surface area contributed by atoms with Crippen molar-refractivity contribution < 1.29 is 0 Å². The van der Waals surface area contributed by atoms with Crippen molar-refractivity contribution in [2.24, 2.45) is 4.99 Å². The number of hydrogen-bond acceptors (Lipinski definition) is 4. The van der Waals surface area contributed by atoms with Crippen LogP contribution in [0.4, 0.5) is 0 Å². The van der Waals surface area contributed by atoms with E-state index < -0.39 is 0 Å². The number of fused-ring (bicyclic) bond motifs is 2. The van der Waals surface area contributed by atoms with Gasteiger partial charge >= 0.3 is 5.69 Å². The number of nitrogens with zero attached hydrogens (tertiary/aromatic N) is 6. The van der Waals surface area contributed by atoms with Crippen molar-refractivity contribution in [1.29, 1.82) is 0 Å². The first-order chi connectivity index (χ1) is 14.4. The molecular formula is C23H28N6O. The van der Waals surface area contributed by atoms with Crippen molar-refractivity contribution in [2.75, 3.05) is 6.54 Å². The van der Waals surface area contributed by atoms with Crippen LogP contribution >= 0.6 is 0 Å². The predicted octanol–water partition coefficient (Wildman–Crippen LogP) is 3.83. The van der Waals surface area contributed by atoms with Crippen LogP contribution < -0.4 is 5.69 Å². The summed E-state index contributed by atoms with van der Waals surface area (Å²) in [5.41, 5.74) is 3.37. The van der Waals surface area contributed by atoms with E-state index >= 15 is 0 Å². The number of pyridine rings is 1. The maximum Gasteiger partial charge on any atom is 0.330 e. The molecule has 4 rings (SSSR count). The maximum absolute atomic E-state index is 13.4. The minimum absolute atomic E-state index is 0.0417. The average molecular weight is 405 g/mol. The lowest BCUT2D eigenvalue weighted by Gasteiger charge is -2.20. The van der Waals surface area contributed by atoms with E-state index in [-0.39, 0.29) is 11.2 Å². The lowest BCUT2D eigenvalue weighted by Crippen LogP contribution is -2.35. The van der Waals surface area contributed by atoms with Crippen molar-refractivity contribution in [1.82, 2.24) is 23.7 Å². The van der Waals surface area contributed by atoms with Gasteiger partial charge in [-0.2, -0.15) is 0 Å². The van der Waals surface area contributed by atoms with Gasteiger partial charge in [0.05, 0.1) is 34.8 Å². The molecule has 0 aliphatic heterocycles. The SMILES string of the molecule is C=NCCCCn1c(Cn2c(=O)n(C(C)(C)C)c3ccncc32)nc2ccccc21. The molecule has 0 radical (unpaired) electrons. The van der Waals surface area contributed by atoms with E-state index in [1.807, 2.05) is 49.6 Å². The molecule has 0 amide bonds. The second-order valence-corrected chi connectivity index (χ2v) is 8.56. The second-order valence-electron chi connectivity index (χ2n) is 8.56. The molecule has 0 atom stereocenters. The Morgan fingerprint density at radius 3 is 2.60 bits per heavy atom. The second kappa shape index (κ2) is 7.89. The summed E-state index contributed by atoms with van der Waals surface area (Å²) in [5, 5.41) is 0. The monoisotopic (exact) mass is 404 g/mol. The Bertz CT molecular complexity index is 1250. The fraction of sp³-hybridized carbons (Fsp3) is 0.391. The number of benzene rings is 1. The normalized spacial score (nSPS) is 12.1. The molecule has 0 bridgehead atoms. The summed E-state index contributed by atoms with van der Waals surface area (Å²) in [7, 11) is 0. The van der Waals surface area contributed by atoms with E-state index in [2.05, 4.69) is 27.3 Å². The van der Waals surface area contributed by atoms with Crippen molar-refractivity contribution in [3.05, 3.63) is 59.0 Å². The van der Waals surface area contributed by atoms with Gasteiger partial charge in [0.1, 0.15) is 5.82 Å². The summed E-state index contributed by atoms with van der Waals surface area (Å²) >= 11 is 0. The third-order valence-electron chi connectivity index (χ3n) is 5.38. The van der Waals surface area contributed by atoms with E-state index in [1.54, 1.807) is 17.0 Å². The van der Waals surface area contributed by atoms with Crippen LogP contribution in [-0.2, 0) is 18.6 Å². The number of aromatic nitrogens is 5. The van der Waals surface area contributed by atoms with Gasteiger partial charge in [-0.3, -0.25) is 14.1 Å². The minimum Gasteiger partial charge on any atom is -0.326 e. The highest BCUT2D eigenvalue weighted by atomic mass is 16.1. The highest BCUT2D eigenvalue weighted by Crippen LogP contribution is 2.22. The molecule has 0 aliphatic rings. The summed E-state index contributed by atoms with van der Waals surface area (Å²) in [6.45, 7) is 11.7. The van der Waals surface area contributed by atoms with Gasteiger partial charge in [0.15, 0.2) is 0 Å². The Labute approximate surface area is 175 Å². The van der Waals surface area contributed by atoms with E-state index in [4.69, 9.17) is 4.98 Å². The summed E-state index contributed by atoms with van der Waals surface area (Å²) in [5.74, 6) is 0.877. The van der Waals surface area contributed by atoms with Crippen molar-refractivity contribution in [3.8, 4) is 0 Å². The van der Waals surface area contributed by atoms with Crippen molar-refractivity contribution in [3.63, 3.8) is 0 Å². The zero-order chi connectivity index (χ0) is 21.3. The van der Waals surface area contributed by atoms with E-state index in [1.165, 1.54) is 0 Å². The average Bonchev–Trinajstić information content (AvgIpc) is 3.20. The summed E-state index contributed by atoms with van der Waals surface area (Å²) in [4.78, 5) is 26.5. The zero-order valence-corrected chi connectivity index (χ0v) is 17.9. The van der Waals surface area contributed by atoms with Crippen LogP contribution in [0.2, 0.25) is 0 Å². The largest absolute Gasteiger partial charge is 0.330 e. The third kappa shape index (κ3) is 3.56. The van der Waals surface area contributed by atoms with Crippen molar-refractivity contribution in [2.45, 2.75) is 52.2 Å². The fourth-order valence-corrected chi connectivity index (χ4v) is 4.03. The molecule has 0 saturated heterocycles. The van der Waals surface area contributed by atoms with Crippen LogP contribution in [-0.4, -0.2) is 36.9 Å². The Balaban J connectivity index is 1.82. The van der Waals surface area contributed by atoms with Crippen LogP contribution in [0.5, 0.6) is 0 Å². The molecule has 3 heterocycles. The van der Waals surface area contributed by atoms with Crippen LogP contribution in [0.1, 0.15) is 39.4 Å². The Morgan fingerprint density at radius 2 is 1.83 bits per heavy atom. The highest BCUT2D eigenvalue weighted by Gasteiger charge is 2.23. The van der Waals surface area contributed by atoms with E-state index in [9.17, 15) is 4.79 Å². The number of imidazole rings is 2. The molecule has 30 heavy (non-hydrogen) atoms. The predicted molar refractivity (Wildman–Crippen MR) is 121 cm³/mol. The van der Waals surface area contributed by atoms with Gasteiger partial charge < -0.3 is 9.56 Å². The molecule has 0 N–H and O–H groups in total. The van der Waals surface area contributed by atoms with Gasteiger partial charge in [-0.15, -0.1) is 0 Å². The fourth-order valence-electron chi connectivity index (χ4n) is 4.03. The smallest absolute Gasteiger partial charge is 0.326 e. The molecule has 0 saturated carbocycles. The Hall–Kier alpha value is -3.22. The summed E-state index contributed by atoms with van der Waals surface area (Å²) in [6, 6.07) is 10.0. The number of rotatable bonds is 7. The van der Waals surface area contributed by atoms with Gasteiger partial charge in [-0.1, -0.05) is 12.1 Å². The first-order valence-corrected chi connectivity index (χ1v) is 10.3. The summed E-state index contributed by atoms with van der Waals surface area (Å²) < 4.78 is 5.85. The van der Waals surface area contributed by atoms with Crippen LogP contribution in [0, 0.1) is 0 Å². The molecule has 0 unspecified atom stereocenters. The molecule has 0 fully saturated rings. The van der Waals surface area contributed by atoms with Gasteiger partial charge in [-0.25, -0.2) is 9.78 Å². The molecule has 4 aromatic rings. The van der Waals surface area contributed by atoms with Crippen LogP contribution in [0.25, 0.3) is 22.1 Å². The number of hydrogen-bond donors (Lipinski definition) is 0. The molecule has 0 spiro atoms. The van der Waals surface area contributed by atoms with Crippen LogP contribution in [0.15, 0.2) is 52.5 Å². The minimum atomic E-state index is -0.334. The van der Waals surface area contributed by atoms with Crippen LogP contribution in [0.3, 0.4) is 0 Å². The maximum atomic E-state index is 13.4. The van der Waals surface area contributed by atoms with Gasteiger partial charge in [-0.05, 0) is 58.5 Å². The van der Waals surface area contributed by atoms with E-state index in [0.717, 1.165) is 53.8 Å². The molecule has 1 aromatic carbocycles. The molecule has 7 nitrogen and oxygen atoms in total. The van der Waals surface area contributed by atoms with Gasteiger partial charge in [0.25, 0.3) is 0 Å². The zero-order valence-electron chi connectivity index (χ0n) is 17.9. The molecule has 156 valence electrons. The molecular weight excluding hydrogens is 376 g/mol. The first kappa shape index (κ1) is 20.1. The Morgan fingerprint density at radius 1 is 1.03 bits per heavy atom. The topological polar surface area (TPSA) is 70.0 Å². The lowest BCUT2D eigenvalue weighted by atomic mass is 10.1. The standard InChI is InChI=1S/C23H28N6O/c1-23(2,3)29-19-11-13-25-15-20(19)28(22(29)30)16-21-26-17-9-5-6-10-18(17)27(21)14-8-7-12-24-4/h5-6,9-11,13,15H,4,7-8,12,14,16H2,1-3H3. The van der Waals surface area contributed by atoms with E-state index in [0.29, 0.717) is 6.54 Å². The number of aliphatic imine (C=N–C) groups is 1. The number of unbranched alkanes of at least 4 members (excludes halogenated alkanes) is 1. The summed E-state index contributed by atoms with van der Waals surface area (Å²) in [6.07, 6.45) is 5.45. The van der Waals surface area contributed by atoms with Gasteiger partial charge in [0, 0.05) is 24.8 Å². The Kier molecular flexibility index (Phi) is 5.28. The molecule has 7 heteroatoms. The van der Waals surface area contributed by atoms with Crippen molar-refractivity contribution >= 4 is 28.8 Å². The number of aryl methyl sites for hydroxylation is 1. The highest BCUT2D eigenvalue weighted by molar-refractivity contribution is 5.77. The third-order valence-corrected chi connectivity index (χ3v) is 5.38. The molecule has 0 aliphatic carbocycles. The molecule has 3 aromatic heterocycles. The lowest BCUT2D eigenvalue weighted by molar-refractivity contribution is 0.390. The first-order valence-electron chi connectivity index (χ1n) is 10.3. The quantitative estimate of drug-likeness (QED) is 0.347. The number of para-hydroxylation sites is 2.